The molecular weight excluding hydrogens is 404 g/mol. The van der Waals surface area contributed by atoms with E-state index in [0.717, 1.165) is 11.1 Å². The standard InChI is InChI=1S/C25H24N4O3/c1-17(2)18-9-11-21(12-10-18)31-16-23(30)27-22-8-4-3-6-19(22)14-24-28-25(29-32-24)20-7-5-13-26-15-20/h3-13,15,17H,14,16H2,1-2H3,(H,27,30). The highest BCUT2D eigenvalue weighted by atomic mass is 16.5. The Morgan fingerprint density at radius 1 is 1.06 bits per heavy atom. The lowest BCUT2D eigenvalue weighted by Crippen LogP contribution is -2.21. The van der Waals surface area contributed by atoms with Crippen molar-refractivity contribution in [3.63, 3.8) is 0 Å². The number of rotatable bonds is 8. The number of hydrogen-bond acceptors (Lipinski definition) is 6. The number of carbonyl (C=O) groups is 1. The number of aromatic nitrogens is 3. The van der Waals surface area contributed by atoms with Gasteiger partial charge in [-0.2, -0.15) is 4.98 Å². The van der Waals surface area contributed by atoms with Gasteiger partial charge in [0.25, 0.3) is 5.91 Å². The molecule has 0 aliphatic heterocycles. The quantitative estimate of drug-likeness (QED) is 0.431. The van der Waals surface area contributed by atoms with Crippen molar-refractivity contribution >= 4 is 11.6 Å². The van der Waals surface area contributed by atoms with E-state index in [1.165, 1.54) is 5.56 Å². The second-order valence-electron chi connectivity index (χ2n) is 7.65. The van der Waals surface area contributed by atoms with Crippen molar-refractivity contribution in [1.29, 1.82) is 0 Å². The van der Waals surface area contributed by atoms with Crippen LogP contribution in [0.15, 0.2) is 77.6 Å². The van der Waals surface area contributed by atoms with Crippen LogP contribution in [0.5, 0.6) is 5.75 Å². The molecular formula is C25H24N4O3. The first-order chi connectivity index (χ1) is 15.6. The Balaban J connectivity index is 1.38. The van der Waals surface area contributed by atoms with E-state index < -0.39 is 0 Å². The molecule has 0 spiro atoms. The van der Waals surface area contributed by atoms with Gasteiger partial charge in [-0.25, -0.2) is 0 Å². The van der Waals surface area contributed by atoms with Crippen molar-refractivity contribution in [1.82, 2.24) is 15.1 Å². The van der Waals surface area contributed by atoms with Crippen molar-refractivity contribution < 1.29 is 14.1 Å². The van der Waals surface area contributed by atoms with Crippen LogP contribution in [0.25, 0.3) is 11.4 Å². The fraction of sp³-hybridized carbons (Fsp3) is 0.200. The van der Waals surface area contributed by atoms with Gasteiger partial charge in [0.1, 0.15) is 5.75 Å². The normalized spacial score (nSPS) is 10.8. The molecule has 2 aromatic carbocycles. The zero-order valence-corrected chi connectivity index (χ0v) is 18.0. The maximum atomic E-state index is 12.5. The summed E-state index contributed by atoms with van der Waals surface area (Å²) < 4.78 is 11.0. The predicted octanol–water partition coefficient (Wildman–Crippen LogP) is 4.86. The second kappa shape index (κ2) is 9.87. The average molecular weight is 428 g/mol. The van der Waals surface area contributed by atoms with E-state index in [1.54, 1.807) is 12.4 Å². The molecule has 0 saturated heterocycles. The molecule has 0 fully saturated rings. The summed E-state index contributed by atoms with van der Waals surface area (Å²) in [5.74, 6) is 1.79. The number of anilines is 1. The fourth-order valence-corrected chi connectivity index (χ4v) is 3.18. The molecule has 0 atom stereocenters. The molecule has 4 rings (SSSR count). The maximum absolute atomic E-state index is 12.5. The summed E-state index contributed by atoms with van der Waals surface area (Å²) in [5.41, 5.74) is 3.55. The Hall–Kier alpha value is -4.00. The first kappa shape index (κ1) is 21.2. The molecule has 7 heteroatoms. The van der Waals surface area contributed by atoms with E-state index >= 15 is 0 Å². The number of nitrogens with zero attached hydrogens (tertiary/aromatic N) is 3. The van der Waals surface area contributed by atoms with E-state index in [9.17, 15) is 4.79 Å². The van der Waals surface area contributed by atoms with Crippen LogP contribution in [0.3, 0.4) is 0 Å². The van der Waals surface area contributed by atoms with Gasteiger partial charge < -0.3 is 14.6 Å². The summed E-state index contributed by atoms with van der Waals surface area (Å²) in [4.78, 5) is 21.0. The summed E-state index contributed by atoms with van der Waals surface area (Å²) in [6, 6.07) is 19.0. The van der Waals surface area contributed by atoms with E-state index in [2.05, 4.69) is 34.3 Å². The highest BCUT2D eigenvalue weighted by molar-refractivity contribution is 5.92. The summed E-state index contributed by atoms with van der Waals surface area (Å²) in [6.45, 7) is 4.19. The molecule has 4 aromatic rings. The molecule has 162 valence electrons. The van der Waals surface area contributed by atoms with Gasteiger partial charge >= 0.3 is 0 Å². The van der Waals surface area contributed by atoms with Gasteiger partial charge in [-0.3, -0.25) is 9.78 Å². The van der Waals surface area contributed by atoms with Crippen LogP contribution in [0.2, 0.25) is 0 Å². The molecule has 0 radical (unpaired) electrons. The van der Waals surface area contributed by atoms with Crippen LogP contribution in [-0.2, 0) is 11.2 Å². The lowest BCUT2D eigenvalue weighted by molar-refractivity contribution is -0.118. The van der Waals surface area contributed by atoms with E-state index in [1.807, 2.05) is 60.7 Å². The summed E-state index contributed by atoms with van der Waals surface area (Å²) in [7, 11) is 0. The minimum atomic E-state index is -0.244. The van der Waals surface area contributed by atoms with Crippen molar-refractivity contribution in [2.75, 3.05) is 11.9 Å². The Bertz CT molecular complexity index is 1170. The number of carbonyl (C=O) groups excluding carboxylic acids is 1. The van der Waals surface area contributed by atoms with Crippen molar-refractivity contribution in [3.8, 4) is 17.1 Å². The largest absolute Gasteiger partial charge is 0.484 e. The number of amides is 1. The minimum absolute atomic E-state index is 0.0823. The summed E-state index contributed by atoms with van der Waals surface area (Å²) in [6.07, 6.45) is 3.76. The molecule has 0 unspecified atom stereocenters. The molecule has 2 heterocycles. The number of ether oxygens (including phenoxy) is 1. The molecule has 1 N–H and O–H groups in total. The Morgan fingerprint density at radius 2 is 1.88 bits per heavy atom. The monoisotopic (exact) mass is 428 g/mol. The summed E-state index contributed by atoms with van der Waals surface area (Å²) >= 11 is 0. The van der Waals surface area contributed by atoms with Gasteiger partial charge in [0.15, 0.2) is 6.61 Å². The average Bonchev–Trinajstić information content (AvgIpc) is 3.28. The molecule has 2 aromatic heterocycles. The van der Waals surface area contributed by atoms with Crippen LogP contribution in [-0.4, -0.2) is 27.6 Å². The Morgan fingerprint density at radius 3 is 2.62 bits per heavy atom. The highest BCUT2D eigenvalue weighted by Crippen LogP contribution is 2.21. The van der Waals surface area contributed by atoms with Gasteiger partial charge in [0.05, 0.1) is 6.42 Å². The maximum Gasteiger partial charge on any atom is 0.262 e. The van der Waals surface area contributed by atoms with E-state index in [4.69, 9.17) is 9.26 Å². The summed E-state index contributed by atoms with van der Waals surface area (Å²) in [5, 5.41) is 6.93. The Kier molecular flexibility index (Phi) is 6.55. The van der Waals surface area contributed by atoms with Crippen LogP contribution in [0, 0.1) is 0 Å². The molecule has 0 bridgehead atoms. The topological polar surface area (TPSA) is 90.1 Å². The van der Waals surface area contributed by atoms with Crippen molar-refractivity contribution in [3.05, 3.63) is 90.1 Å². The SMILES string of the molecule is CC(C)c1ccc(OCC(=O)Nc2ccccc2Cc2nc(-c3cccnc3)no2)cc1. The third-order valence-corrected chi connectivity index (χ3v) is 4.94. The number of para-hydroxylation sites is 1. The third-order valence-electron chi connectivity index (χ3n) is 4.94. The smallest absolute Gasteiger partial charge is 0.262 e. The molecule has 0 saturated carbocycles. The zero-order valence-electron chi connectivity index (χ0n) is 18.0. The van der Waals surface area contributed by atoms with Gasteiger partial charge in [-0.15, -0.1) is 0 Å². The Labute approximate surface area is 186 Å². The molecule has 32 heavy (non-hydrogen) atoms. The minimum Gasteiger partial charge on any atom is -0.484 e. The molecule has 0 aliphatic carbocycles. The lowest BCUT2D eigenvalue weighted by Gasteiger charge is -2.11. The van der Waals surface area contributed by atoms with Gasteiger partial charge in [-0.05, 0) is 47.4 Å². The first-order valence-electron chi connectivity index (χ1n) is 10.4. The van der Waals surface area contributed by atoms with Crippen LogP contribution >= 0.6 is 0 Å². The van der Waals surface area contributed by atoms with E-state index in [0.29, 0.717) is 35.5 Å². The fourth-order valence-electron chi connectivity index (χ4n) is 3.18. The lowest BCUT2D eigenvalue weighted by atomic mass is 10.0. The molecule has 1 amide bonds. The van der Waals surface area contributed by atoms with Gasteiger partial charge in [-0.1, -0.05) is 49.3 Å². The van der Waals surface area contributed by atoms with Crippen molar-refractivity contribution in [2.45, 2.75) is 26.2 Å². The third kappa shape index (κ3) is 5.37. The van der Waals surface area contributed by atoms with Gasteiger partial charge in [0.2, 0.25) is 11.7 Å². The molecule has 7 nitrogen and oxygen atoms in total. The number of nitrogens with one attached hydrogen (secondary N) is 1. The number of hydrogen-bond donors (Lipinski definition) is 1. The molecule has 0 aliphatic rings. The van der Waals surface area contributed by atoms with Crippen LogP contribution < -0.4 is 10.1 Å². The van der Waals surface area contributed by atoms with Crippen molar-refractivity contribution in [2.24, 2.45) is 0 Å². The highest BCUT2D eigenvalue weighted by Gasteiger charge is 2.13. The van der Waals surface area contributed by atoms with Gasteiger partial charge in [0, 0.05) is 23.6 Å². The predicted molar refractivity (Wildman–Crippen MR) is 121 cm³/mol. The van der Waals surface area contributed by atoms with Crippen LogP contribution in [0.1, 0.15) is 36.8 Å². The second-order valence-corrected chi connectivity index (χ2v) is 7.65. The zero-order chi connectivity index (χ0) is 22.3. The van der Waals surface area contributed by atoms with Crippen LogP contribution in [0.4, 0.5) is 5.69 Å². The number of pyridine rings is 1. The first-order valence-corrected chi connectivity index (χ1v) is 10.4. The number of benzene rings is 2. The van der Waals surface area contributed by atoms with E-state index in [-0.39, 0.29) is 12.5 Å².